The van der Waals surface area contributed by atoms with Crippen molar-refractivity contribution in [3.05, 3.63) is 0 Å². The molecule has 0 spiro atoms. The van der Waals surface area contributed by atoms with Crippen LogP contribution in [0.2, 0.25) is 0 Å². The van der Waals surface area contributed by atoms with Crippen LogP contribution in [0.5, 0.6) is 0 Å². The molecule has 0 nitrogen and oxygen atoms in total. The van der Waals surface area contributed by atoms with Crippen LogP contribution in [-0.4, -0.2) is 0 Å². The van der Waals surface area contributed by atoms with Gasteiger partial charge in [-0.15, -0.1) is 0 Å². The van der Waals surface area contributed by atoms with Crippen LogP contribution in [0.3, 0.4) is 0 Å². The zero-order chi connectivity index (χ0) is 10.7. The Morgan fingerprint density at radius 3 is 1.69 bits per heavy atom. The standard InChI is InChI=1S/C13H28/c1-8-9-13(7,10-11(2)3)12(4,5)6/h11H,8-10H2,1-7H3. The predicted octanol–water partition coefficient (Wildman–Crippen LogP) is 4.89. The lowest BCUT2D eigenvalue weighted by Gasteiger charge is -2.43. The molecule has 0 rings (SSSR count). The van der Waals surface area contributed by atoms with Crippen LogP contribution in [-0.2, 0) is 0 Å². The Bertz CT molecular complexity index is 139. The van der Waals surface area contributed by atoms with Crippen molar-refractivity contribution in [2.75, 3.05) is 0 Å². The third-order valence-electron chi connectivity index (χ3n) is 3.47. The van der Waals surface area contributed by atoms with Crippen LogP contribution in [0, 0.1) is 16.7 Å². The highest BCUT2D eigenvalue weighted by Gasteiger charge is 2.36. The summed E-state index contributed by atoms with van der Waals surface area (Å²) in [7, 11) is 0. The average Bonchev–Trinajstić information content (AvgIpc) is 1.82. The Hall–Kier alpha value is 0. The monoisotopic (exact) mass is 184 g/mol. The Balaban J connectivity index is 4.53. The fourth-order valence-electron chi connectivity index (χ4n) is 2.24. The molecule has 0 N–H and O–H groups in total. The van der Waals surface area contributed by atoms with Crippen molar-refractivity contribution < 1.29 is 0 Å². The van der Waals surface area contributed by atoms with Gasteiger partial charge >= 0.3 is 0 Å². The summed E-state index contributed by atoms with van der Waals surface area (Å²) in [5.41, 5.74) is 0.948. The normalized spacial score (nSPS) is 17.5. The van der Waals surface area contributed by atoms with Gasteiger partial charge < -0.3 is 0 Å². The van der Waals surface area contributed by atoms with Crippen LogP contribution < -0.4 is 0 Å². The molecule has 0 aromatic heterocycles. The van der Waals surface area contributed by atoms with Gasteiger partial charge in [0, 0.05) is 0 Å². The lowest BCUT2D eigenvalue weighted by molar-refractivity contribution is 0.0684. The maximum absolute atomic E-state index is 2.45. The molecular formula is C13H28. The van der Waals surface area contributed by atoms with Crippen molar-refractivity contribution in [1.29, 1.82) is 0 Å². The smallest absolute Gasteiger partial charge is 0.0275 e. The van der Waals surface area contributed by atoms with Crippen molar-refractivity contribution in [3.63, 3.8) is 0 Å². The van der Waals surface area contributed by atoms with Gasteiger partial charge in [-0.2, -0.15) is 0 Å². The van der Waals surface area contributed by atoms with Crippen LogP contribution in [0.1, 0.15) is 67.7 Å². The molecule has 0 radical (unpaired) electrons. The fourth-order valence-corrected chi connectivity index (χ4v) is 2.24. The molecule has 0 aliphatic carbocycles. The largest absolute Gasteiger partial charge is 0.0654 e. The molecule has 13 heavy (non-hydrogen) atoms. The maximum Gasteiger partial charge on any atom is -0.0275 e. The van der Waals surface area contributed by atoms with Crippen molar-refractivity contribution in [1.82, 2.24) is 0 Å². The second kappa shape index (κ2) is 4.48. The predicted molar refractivity (Wildman–Crippen MR) is 61.9 cm³/mol. The van der Waals surface area contributed by atoms with E-state index in [0.29, 0.717) is 10.8 Å². The van der Waals surface area contributed by atoms with Gasteiger partial charge in [0.25, 0.3) is 0 Å². The molecule has 0 fully saturated rings. The van der Waals surface area contributed by atoms with Gasteiger partial charge in [0.1, 0.15) is 0 Å². The fraction of sp³-hybridized carbons (Fsp3) is 1.00. The zero-order valence-corrected chi connectivity index (χ0v) is 10.7. The second-order valence-electron chi connectivity index (χ2n) is 6.16. The van der Waals surface area contributed by atoms with E-state index in [4.69, 9.17) is 0 Å². The van der Waals surface area contributed by atoms with E-state index in [1.54, 1.807) is 0 Å². The summed E-state index contributed by atoms with van der Waals surface area (Å²) < 4.78 is 0. The van der Waals surface area contributed by atoms with E-state index in [1.807, 2.05) is 0 Å². The van der Waals surface area contributed by atoms with Gasteiger partial charge in [-0.1, -0.05) is 54.9 Å². The summed E-state index contributed by atoms with van der Waals surface area (Å²) in [6.45, 7) is 16.6. The minimum absolute atomic E-state index is 0.438. The van der Waals surface area contributed by atoms with E-state index in [1.165, 1.54) is 19.3 Å². The molecule has 0 heteroatoms. The van der Waals surface area contributed by atoms with E-state index in [-0.39, 0.29) is 0 Å². The molecule has 0 aromatic rings. The molecule has 0 amide bonds. The van der Waals surface area contributed by atoms with Crippen LogP contribution in [0.25, 0.3) is 0 Å². The summed E-state index contributed by atoms with van der Waals surface area (Å²) in [4.78, 5) is 0. The SMILES string of the molecule is CCCC(C)(CC(C)C)C(C)(C)C. The second-order valence-corrected chi connectivity index (χ2v) is 6.16. The Labute approximate surface area is 85.1 Å². The molecule has 0 bridgehead atoms. The summed E-state index contributed by atoms with van der Waals surface area (Å²) in [6, 6.07) is 0. The topological polar surface area (TPSA) is 0 Å². The Morgan fingerprint density at radius 2 is 1.46 bits per heavy atom. The summed E-state index contributed by atoms with van der Waals surface area (Å²) in [6.07, 6.45) is 4.01. The molecule has 80 valence electrons. The molecule has 0 heterocycles. The maximum atomic E-state index is 2.45. The summed E-state index contributed by atoms with van der Waals surface area (Å²) >= 11 is 0. The quantitative estimate of drug-likeness (QED) is 0.584. The highest BCUT2D eigenvalue weighted by atomic mass is 14.4. The summed E-state index contributed by atoms with van der Waals surface area (Å²) in [5.74, 6) is 0.816. The molecule has 1 unspecified atom stereocenters. The minimum Gasteiger partial charge on any atom is -0.0654 e. The summed E-state index contributed by atoms with van der Waals surface area (Å²) in [5, 5.41) is 0. The molecule has 1 atom stereocenters. The van der Waals surface area contributed by atoms with E-state index < -0.39 is 0 Å². The first-order valence-electron chi connectivity index (χ1n) is 5.73. The Kier molecular flexibility index (Phi) is 4.48. The number of hydrogen-bond acceptors (Lipinski definition) is 0. The highest BCUT2D eigenvalue weighted by Crippen LogP contribution is 2.46. The molecule has 0 aromatic carbocycles. The molecule has 0 aliphatic rings. The van der Waals surface area contributed by atoms with Crippen molar-refractivity contribution in [3.8, 4) is 0 Å². The van der Waals surface area contributed by atoms with E-state index in [2.05, 4.69) is 48.5 Å². The van der Waals surface area contributed by atoms with Gasteiger partial charge in [0.2, 0.25) is 0 Å². The molecule has 0 aliphatic heterocycles. The van der Waals surface area contributed by atoms with Crippen LogP contribution in [0.15, 0.2) is 0 Å². The van der Waals surface area contributed by atoms with E-state index >= 15 is 0 Å². The van der Waals surface area contributed by atoms with Crippen LogP contribution >= 0.6 is 0 Å². The van der Waals surface area contributed by atoms with Gasteiger partial charge in [-0.05, 0) is 29.6 Å². The molecular weight excluding hydrogens is 156 g/mol. The lowest BCUT2D eigenvalue weighted by Crippen LogP contribution is -2.34. The van der Waals surface area contributed by atoms with Gasteiger partial charge in [-0.3, -0.25) is 0 Å². The number of rotatable bonds is 4. The van der Waals surface area contributed by atoms with Crippen molar-refractivity contribution in [2.45, 2.75) is 67.7 Å². The lowest BCUT2D eigenvalue weighted by atomic mass is 9.62. The van der Waals surface area contributed by atoms with E-state index in [9.17, 15) is 0 Å². The first kappa shape index (κ1) is 13.0. The Morgan fingerprint density at radius 1 is 1.00 bits per heavy atom. The molecule has 0 saturated heterocycles. The first-order chi connectivity index (χ1) is 5.73. The van der Waals surface area contributed by atoms with Crippen LogP contribution in [0.4, 0.5) is 0 Å². The van der Waals surface area contributed by atoms with Gasteiger partial charge in [0.05, 0.1) is 0 Å². The van der Waals surface area contributed by atoms with Crippen molar-refractivity contribution in [2.24, 2.45) is 16.7 Å². The van der Waals surface area contributed by atoms with Crippen molar-refractivity contribution >= 4 is 0 Å². The third-order valence-corrected chi connectivity index (χ3v) is 3.47. The number of hydrogen-bond donors (Lipinski definition) is 0. The highest BCUT2D eigenvalue weighted by molar-refractivity contribution is 4.86. The zero-order valence-electron chi connectivity index (χ0n) is 10.7. The average molecular weight is 184 g/mol. The minimum atomic E-state index is 0.438. The van der Waals surface area contributed by atoms with E-state index in [0.717, 1.165) is 5.92 Å². The third kappa shape index (κ3) is 3.70. The van der Waals surface area contributed by atoms with Gasteiger partial charge in [0.15, 0.2) is 0 Å². The first-order valence-corrected chi connectivity index (χ1v) is 5.73. The van der Waals surface area contributed by atoms with Gasteiger partial charge in [-0.25, -0.2) is 0 Å². The molecule has 0 saturated carbocycles.